The molecule has 0 aliphatic carbocycles. The molecule has 0 aliphatic heterocycles. The molecule has 1 amide bonds. The van der Waals surface area contributed by atoms with Gasteiger partial charge in [-0.05, 0) is 6.07 Å². The molecule has 0 saturated heterocycles. The Hall–Kier alpha value is -2.82. The number of rotatable bonds is 8. The minimum atomic E-state index is -1.21. The van der Waals surface area contributed by atoms with Gasteiger partial charge in [0.1, 0.15) is 11.5 Å². The number of hydrogen-bond acceptors (Lipinski definition) is 8. The molecule has 0 bridgehead atoms. The van der Waals surface area contributed by atoms with Crippen LogP contribution in [0.15, 0.2) is 17.6 Å². The lowest BCUT2D eigenvalue weighted by Crippen LogP contribution is -2.21. The van der Waals surface area contributed by atoms with Crippen LogP contribution in [0, 0.1) is 10.1 Å². The van der Waals surface area contributed by atoms with Crippen LogP contribution in [0.4, 0.5) is 15.7 Å². The normalized spacial score (nSPS) is 11.7. The third-order valence-corrected chi connectivity index (χ3v) is 3.95. The van der Waals surface area contributed by atoms with E-state index < -0.39 is 12.1 Å². The fourth-order valence-electron chi connectivity index (χ4n) is 1.92. The van der Waals surface area contributed by atoms with Crippen LogP contribution in [0.2, 0.25) is 0 Å². The molecule has 11 heteroatoms. The van der Waals surface area contributed by atoms with Crippen molar-refractivity contribution in [3.05, 3.63) is 27.8 Å². The molecule has 2 aromatic heterocycles. The molecule has 0 aliphatic rings. The summed E-state index contributed by atoms with van der Waals surface area (Å²) in [7, 11) is 0. The Bertz CT molecular complexity index is 722. The lowest BCUT2D eigenvalue weighted by atomic mass is 10.2. The highest BCUT2D eigenvalue weighted by atomic mass is 32.1. The van der Waals surface area contributed by atoms with E-state index in [1.807, 2.05) is 0 Å². The van der Waals surface area contributed by atoms with Gasteiger partial charge in [0.25, 0.3) is 0 Å². The summed E-state index contributed by atoms with van der Waals surface area (Å²) < 4.78 is 0. The van der Waals surface area contributed by atoms with Gasteiger partial charge in [-0.2, -0.15) is 0 Å². The smallest absolute Gasteiger partial charge is 0.410 e. The Balaban J connectivity index is 1.98. The van der Waals surface area contributed by atoms with E-state index in [1.54, 1.807) is 12.3 Å². The molecule has 1 atom stereocenters. The average Bonchev–Trinajstić information content (AvgIpc) is 3.00. The Morgan fingerprint density at radius 1 is 1.50 bits per heavy atom. The summed E-state index contributed by atoms with van der Waals surface area (Å²) in [6, 6.07) is 0.866. The Morgan fingerprint density at radius 3 is 2.96 bits per heavy atom. The van der Waals surface area contributed by atoms with E-state index in [9.17, 15) is 14.9 Å². The minimum Gasteiger partial charge on any atom is -0.465 e. The van der Waals surface area contributed by atoms with Gasteiger partial charge in [0.05, 0.1) is 0 Å². The van der Waals surface area contributed by atoms with E-state index in [-0.39, 0.29) is 10.7 Å². The van der Waals surface area contributed by atoms with Gasteiger partial charge in [0, 0.05) is 35.9 Å². The zero-order valence-electron chi connectivity index (χ0n) is 12.8. The molecule has 3 N–H and O–H groups in total. The van der Waals surface area contributed by atoms with Gasteiger partial charge in [-0.25, -0.2) is 19.7 Å². The third-order valence-electron chi connectivity index (χ3n) is 3.15. The van der Waals surface area contributed by atoms with Crippen molar-refractivity contribution in [2.24, 2.45) is 0 Å². The molecule has 2 rings (SSSR count). The Labute approximate surface area is 141 Å². The molecule has 0 fully saturated rings. The first-order chi connectivity index (χ1) is 11.5. The van der Waals surface area contributed by atoms with Crippen LogP contribution in [0.25, 0.3) is 11.5 Å². The number of nitrogens with zero attached hydrogens (tertiary/aromatic N) is 4. The van der Waals surface area contributed by atoms with Crippen LogP contribution in [-0.4, -0.2) is 43.7 Å². The maximum atomic E-state index is 10.8. The van der Waals surface area contributed by atoms with E-state index in [2.05, 4.69) is 25.6 Å². The summed E-state index contributed by atoms with van der Waals surface area (Å²) in [5.74, 6) is 0.453. The highest BCUT2D eigenvalue weighted by molar-refractivity contribution is 7.14. The second-order valence-corrected chi connectivity index (χ2v) is 5.65. The van der Waals surface area contributed by atoms with Crippen LogP contribution in [0.5, 0.6) is 0 Å². The zero-order chi connectivity index (χ0) is 17.5. The summed E-state index contributed by atoms with van der Waals surface area (Å²) in [5, 5.41) is 27.0. The molecular formula is C13H16N6O4S. The third kappa shape index (κ3) is 4.84. The van der Waals surface area contributed by atoms with Crippen molar-refractivity contribution in [1.29, 1.82) is 0 Å². The largest absolute Gasteiger partial charge is 0.465 e. The topological polar surface area (TPSA) is 143 Å². The van der Waals surface area contributed by atoms with E-state index >= 15 is 0 Å². The van der Waals surface area contributed by atoms with Crippen molar-refractivity contribution >= 4 is 28.4 Å². The number of carboxylic acid groups (broad SMARTS) is 1. The second kappa shape index (κ2) is 8.15. The van der Waals surface area contributed by atoms with Crippen LogP contribution in [-0.2, 0) is 0 Å². The number of aromatic nitrogens is 3. The van der Waals surface area contributed by atoms with Crippen molar-refractivity contribution in [1.82, 2.24) is 15.0 Å². The number of thiazole rings is 1. The molecular weight excluding hydrogens is 336 g/mol. The second-order valence-electron chi connectivity index (χ2n) is 4.80. The van der Waals surface area contributed by atoms with E-state index in [0.29, 0.717) is 36.0 Å². The predicted octanol–water partition coefficient (Wildman–Crippen LogP) is 2.55. The lowest BCUT2D eigenvalue weighted by molar-refractivity contribution is -0.523. The van der Waals surface area contributed by atoms with E-state index in [4.69, 9.17) is 5.11 Å². The summed E-state index contributed by atoms with van der Waals surface area (Å²) >= 11 is 1.32. The van der Waals surface area contributed by atoms with Crippen LogP contribution in [0.3, 0.4) is 0 Å². The molecule has 0 aromatic carbocycles. The molecule has 2 heterocycles. The van der Waals surface area contributed by atoms with Crippen molar-refractivity contribution in [3.8, 4) is 11.5 Å². The lowest BCUT2D eigenvalue weighted by Gasteiger charge is -2.06. The molecule has 0 saturated carbocycles. The quantitative estimate of drug-likeness (QED) is 0.486. The summed E-state index contributed by atoms with van der Waals surface area (Å²) in [4.78, 5) is 33.5. The number of carbonyl (C=O) groups is 1. The Kier molecular flexibility index (Phi) is 5.95. The zero-order valence-corrected chi connectivity index (χ0v) is 13.6. The highest BCUT2D eigenvalue weighted by Gasteiger charge is 2.17. The van der Waals surface area contributed by atoms with Gasteiger partial charge in [0.2, 0.25) is 6.04 Å². The Morgan fingerprint density at radius 2 is 2.29 bits per heavy atom. The number of amides is 1. The molecule has 0 spiro atoms. The molecule has 0 radical (unpaired) electrons. The fraction of sp³-hybridized carbons (Fsp3) is 0.385. The summed E-state index contributed by atoms with van der Waals surface area (Å²) in [6.07, 6.45) is 1.11. The first-order valence-electron chi connectivity index (χ1n) is 7.15. The standard InChI is InChI=1S/C13H16N6O4S/c1-2-8(19(22)23)3-5-15-12-16-9(7-24-12)11-14-6-4-10(17-11)18-13(20)21/h4,6-8H,2-3,5H2,1H3,(H,15,16)(H,20,21)(H,14,17,18). The van der Waals surface area contributed by atoms with Crippen LogP contribution < -0.4 is 10.6 Å². The SMILES string of the molecule is CCC(CCNc1nc(-c2nccc(NC(=O)O)n2)cs1)[N+](=O)[O-]. The van der Waals surface area contributed by atoms with E-state index in [0.717, 1.165) is 0 Å². The average molecular weight is 352 g/mol. The van der Waals surface area contributed by atoms with E-state index in [1.165, 1.54) is 23.6 Å². The van der Waals surface area contributed by atoms with Crippen molar-refractivity contribution in [2.45, 2.75) is 25.8 Å². The van der Waals surface area contributed by atoms with Gasteiger partial charge < -0.3 is 10.4 Å². The molecule has 128 valence electrons. The van der Waals surface area contributed by atoms with Crippen molar-refractivity contribution in [3.63, 3.8) is 0 Å². The van der Waals surface area contributed by atoms with Gasteiger partial charge in [0.15, 0.2) is 11.0 Å². The fourth-order valence-corrected chi connectivity index (χ4v) is 2.64. The number of nitrogens with one attached hydrogen (secondary N) is 2. The highest BCUT2D eigenvalue weighted by Crippen LogP contribution is 2.23. The van der Waals surface area contributed by atoms with Crippen molar-refractivity contribution in [2.75, 3.05) is 17.2 Å². The maximum Gasteiger partial charge on any atom is 0.410 e. The first-order valence-corrected chi connectivity index (χ1v) is 8.03. The molecule has 1 unspecified atom stereocenters. The number of nitro groups is 1. The first kappa shape index (κ1) is 17.5. The monoisotopic (exact) mass is 352 g/mol. The maximum absolute atomic E-state index is 10.8. The van der Waals surface area contributed by atoms with Gasteiger partial charge in [-0.3, -0.25) is 15.4 Å². The van der Waals surface area contributed by atoms with Gasteiger partial charge in [-0.15, -0.1) is 11.3 Å². The molecule has 2 aromatic rings. The van der Waals surface area contributed by atoms with Crippen LogP contribution in [0.1, 0.15) is 19.8 Å². The van der Waals surface area contributed by atoms with Crippen molar-refractivity contribution < 1.29 is 14.8 Å². The minimum absolute atomic E-state index is 0.159. The predicted molar refractivity (Wildman–Crippen MR) is 89.0 cm³/mol. The number of anilines is 2. The molecule has 10 nitrogen and oxygen atoms in total. The van der Waals surface area contributed by atoms with Gasteiger partial charge >= 0.3 is 6.09 Å². The summed E-state index contributed by atoms with van der Waals surface area (Å²) in [6.45, 7) is 2.22. The summed E-state index contributed by atoms with van der Waals surface area (Å²) in [5.41, 5.74) is 0.498. The number of hydrogen-bond donors (Lipinski definition) is 3. The van der Waals surface area contributed by atoms with Gasteiger partial charge in [-0.1, -0.05) is 6.92 Å². The molecule has 24 heavy (non-hydrogen) atoms. The van der Waals surface area contributed by atoms with Crippen LogP contribution >= 0.6 is 11.3 Å².